The molecular weight excluding hydrogens is 204 g/mol. The molecule has 0 radical (unpaired) electrons. The van der Waals surface area contributed by atoms with E-state index in [1.807, 2.05) is 0 Å². The molecule has 0 spiro atoms. The maximum atomic E-state index is 9.99. The molecule has 0 saturated heterocycles. The summed E-state index contributed by atoms with van der Waals surface area (Å²) in [6.45, 7) is 2.16. The first-order valence-electron chi connectivity index (χ1n) is 4.66. The fourth-order valence-electron chi connectivity index (χ4n) is 1.04. The van der Waals surface area contributed by atoms with Gasteiger partial charge in [0, 0.05) is 7.43 Å². The topological polar surface area (TPSA) is 66.4 Å². The molecule has 0 aromatic rings. The lowest BCUT2D eigenvalue weighted by Gasteiger charge is -2.06. The summed E-state index contributed by atoms with van der Waals surface area (Å²) in [4.78, 5) is 0. The highest BCUT2D eigenvalue weighted by molar-refractivity contribution is 7.80. The summed E-state index contributed by atoms with van der Waals surface area (Å²) >= 11 is 0. The molecule has 14 heavy (non-hydrogen) atoms. The Morgan fingerprint density at radius 1 is 1.07 bits per heavy atom. The predicted octanol–water partition coefficient (Wildman–Crippen LogP) is 2.27. The van der Waals surface area contributed by atoms with Crippen LogP contribution in [0, 0.1) is 7.43 Å². The molecule has 0 aromatic heterocycles. The van der Waals surface area contributed by atoms with Crippen LogP contribution in [-0.2, 0) is 14.6 Å². The quantitative estimate of drug-likeness (QED) is 0.274. The maximum absolute atomic E-state index is 9.99. The Kier molecular flexibility index (Phi) is 10.7. The van der Waals surface area contributed by atoms with E-state index in [9.17, 15) is 13.0 Å². The van der Waals surface area contributed by atoms with Crippen LogP contribution in [0.5, 0.6) is 0 Å². The van der Waals surface area contributed by atoms with Crippen LogP contribution in [0.1, 0.15) is 45.4 Å². The minimum absolute atomic E-state index is 0. The van der Waals surface area contributed by atoms with Gasteiger partial charge in [-0.05, 0) is 6.42 Å². The molecule has 0 aliphatic rings. The van der Waals surface area contributed by atoms with Gasteiger partial charge in [-0.15, -0.1) is 0 Å². The van der Waals surface area contributed by atoms with Crippen LogP contribution in [0.25, 0.3) is 0 Å². The van der Waals surface area contributed by atoms with Crippen LogP contribution < -0.4 is 0 Å². The minimum Gasteiger partial charge on any atom is -0.726 e. The number of hydrogen-bond acceptors (Lipinski definition) is 4. The van der Waals surface area contributed by atoms with E-state index in [1.54, 1.807) is 0 Å². The van der Waals surface area contributed by atoms with E-state index in [2.05, 4.69) is 11.1 Å². The molecule has 0 amide bonds. The van der Waals surface area contributed by atoms with E-state index in [1.165, 1.54) is 19.3 Å². The first-order chi connectivity index (χ1) is 6.06. The summed E-state index contributed by atoms with van der Waals surface area (Å²) in [5.41, 5.74) is 0. The molecule has 0 bridgehead atoms. The van der Waals surface area contributed by atoms with Gasteiger partial charge in [0.1, 0.15) is 0 Å². The Hall–Kier alpha value is -0.260. The zero-order valence-corrected chi connectivity index (χ0v) is 9.81. The average Bonchev–Trinajstić information content (AvgIpc) is 2.01. The highest BCUT2D eigenvalue weighted by Crippen LogP contribution is 2.05. The molecular formula is C9H20O4S. The molecule has 0 N–H and O–H groups in total. The smallest absolute Gasteiger partial charge is 0.217 e. The summed E-state index contributed by atoms with van der Waals surface area (Å²) in [6, 6.07) is 0. The minimum atomic E-state index is -4.47. The van der Waals surface area contributed by atoms with Crippen LogP contribution in [-0.4, -0.2) is 19.6 Å². The van der Waals surface area contributed by atoms with Gasteiger partial charge in [-0.3, -0.25) is 4.18 Å². The van der Waals surface area contributed by atoms with Crippen molar-refractivity contribution in [3.8, 4) is 0 Å². The predicted molar refractivity (Wildman–Crippen MR) is 55.4 cm³/mol. The van der Waals surface area contributed by atoms with Crippen molar-refractivity contribution >= 4 is 10.4 Å². The lowest BCUT2D eigenvalue weighted by Crippen LogP contribution is -2.05. The van der Waals surface area contributed by atoms with Gasteiger partial charge in [-0.25, -0.2) is 8.42 Å². The largest absolute Gasteiger partial charge is 0.726 e. The lowest BCUT2D eigenvalue weighted by molar-refractivity contribution is 0.255. The zero-order valence-electron chi connectivity index (χ0n) is 8.99. The summed E-state index contributed by atoms with van der Waals surface area (Å²) < 4.78 is 34.0. The third kappa shape index (κ3) is 14.3. The number of hydrogen-bond donors (Lipinski definition) is 0. The second-order valence-electron chi connectivity index (χ2n) is 3.00. The van der Waals surface area contributed by atoms with Crippen LogP contribution in [0.3, 0.4) is 0 Å². The summed E-state index contributed by atoms with van der Waals surface area (Å²) in [6.07, 6.45) is 6.21. The van der Waals surface area contributed by atoms with E-state index in [4.69, 9.17) is 0 Å². The summed E-state index contributed by atoms with van der Waals surface area (Å²) in [7, 11) is -4.47. The number of unbranched alkanes of at least 4 members (excludes halogenated alkanes) is 5. The second-order valence-corrected chi connectivity index (χ2v) is 4.05. The third-order valence-electron chi connectivity index (χ3n) is 1.73. The molecule has 0 fully saturated rings. The van der Waals surface area contributed by atoms with Gasteiger partial charge in [-0.1, -0.05) is 39.0 Å². The van der Waals surface area contributed by atoms with Gasteiger partial charge in [0.25, 0.3) is 0 Å². The van der Waals surface area contributed by atoms with Crippen molar-refractivity contribution in [3.05, 3.63) is 7.43 Å². The molecule has 0 heterocycles. The van der Waals surface area contributed by atoms with Gasteiger partial charge in [-0.2, -0.15) is 0 Å². The van der Waals surface area contributed by atoms with Crippen molar-refractivity contribution in [1.29, 1.82) is 0 Å². The maximum Gasteiger partial charge on any atom is 0.217 e. The van der Waals surface area contributed by atoms with E-state index in [0.29, 0.717) is 6.42 Å². The normalized spacial score (nSPS) is 11.0. The average molecular weight is 224 g/mol. The van der Waals surface area contributed by atoms with Crippen molar-refractivity contribution < 1.29 is 17.2 Å². The van der Waals surface area contributed by atoms with Crippen molar-refractivity contribution in [2.45, 2.75) is 45.4 Å². The highest BCUT2D eigenvalue weighted by atomic mass is 32.3. The first kappa shape index (κ1) is 16.2. The van der Waals surface area contributed by atoms with Crippen molar-refractivity contribution in [2.75, 3.05) is 6.61 Å². The Morgan fingerprint density at radius 2 is 1.57 bits per heavy atom. The standard InChI is InChI=1S/C8H18O4S.CH3/c1-2-3-4-5-6-7-8-12-13(9,10)11;/h2-8H2,1H3,(H,9,10,11);1H3/q;+1/p-1. The van der Waals surface area contributed by atoms with Crippen molar-refractivity contribution in [1.82, 2.24) is 0 Å². The first-order valence-corrected chi connectivity index (χ1v) is 6.00. The fraction of sp³-hybridized carbons (Fsp3) is 0.889. The Balaban J connectivity index is 0. The van der Waals surface area contributed by atoms with E-state index >= 15 is 0 Å². The second kappa shape index (κ2) is 9.30. The molecule has 0 unspecified atom stereocenters. The number of rotatable bonds is 8. The van der Waals surface area contributed by atoms with Gasteiger partial charge in [0.2, 0.25) is 10.4 Å². The van der Waals surface area contributed by atoms with Gasteiger partial charge in [0.05, 0.1) is 6.61 Å². The zero-order chi connectivity index (χ0) is 10.2. The van der Waals surface area contributed by atoms with Crippen LogP contribution in [0.4, 0.5) is 0 Å². The monoisotopic (exact) mass is 224 g/mol. The van der Waals surface area contributed by atoms with E-state index in [-0.39, 0.29) is 14.0 Å². The summed E-state index contributed by atoms with van der Waals surface area (Å²) in [5.74, 6) is 0. The molecule has 0 aliphatic heterocycles. The fourth-order valence-corrected chi connectivity index (χ4v) is 1.37. The van der Waals surface area contributed by atoms with Crippen molar-refractivity contribution in [3.63, 3.8) is 0 Å². The Morgan fingerprint density at radius 3 is 2.07 bits per heavy atom. The third-order valence-corrected chi connectivity index (χ3v) is 2.18. The summed E-state index contributed by atoms with van der Waals surface area (Å²) in [5, 5.41) is 0. The van der Waals surface area contributed by atoms with Crippen molar-refractivity contribution in [2.24, 2.45) is 0 Å². The lowest BCUT2D eigenvalue weighted by atomic mass is 10.1. The van der Waals surface area contributed by atoms with Crippen LogP contribution in [0.15, 0.2) is 0 Å². The highest BCUT2D eigenvalue weighted by Gasteiger charge is 1.94. The Bertz CT molecular complexity index is 199. The molecule has 5 heteroatoms. The molecule has 0 saturated carbocycles. The van der Waals surface area contributed by atoms with Crippen LogP contribution >= 0.6 is 0 Å². The molecule has 0 atom stereocenters. The SMILES string of the molecule is CCCCCCCCOS(=O)(=O)[O-].[CH3+]. The molecule has 0 rings (SSSR count). The van der Waals surface area contributed by atoms with Crippen LogP contribution in [0.2, 0.25) is 0 Å². The van der Waals surface area contributed by atoms with E-state index < -0.39 is 10.4 Å². The van der Waals surface area contributed by atoms with Gasteiger partial charge in [0.15, 0.2) is 0 Å². The Labute approximate surface area is 87.6 Å². The molecule has 4 nitrogen and oxygen atoms in total. The molecule has 0 aliphatic carbocycles. The van der Waals surface area contributed by atoms with Gasteiger partial charge >= 0.3 is 0 Å². The van der Waals surface area contributed by atoms with Gasteiger partial charge < -0.3 is 4.55 Å². The molecule has 0 aromatic carbocycles. The van der Waals surface area contributed by atoms with E-state index in [0.717, 1.165) is 12.8 Å². The molecule has 86 valence electrons.